The first-order valence-corrected chi connectivity index (χ1v) is 10.0. The number of sulfonamides is 1. The molecule has 1 N–H and O–H groups in total. The van der Waals surface area contributed by atoms with Gasteiger partial charge in [-0.3, -0.25) is 0 Å². The van der Waals surface area contributed by atoms with Gasteiger partial charge in [0.1, 0.15) is 5.75 Å². The molecule has 0 aromatic heterocycles. The van der Waals surface area contributed by atoms with E-state index < -0.39 is 15.6 Å². The van der Waals surface area contributed by atoms with Crippen LogP contribution in [0, 0.1) is 5.92 Å². The molecule has 3 rings (SSSR count). The van der Waals surface area contributed by atoms with Crippen LogP contribution in [-0.4, -0.2) is 15.0 Å². The van der Waals surface area contributed by atoms with Crippen LogP contribution >= 0.6 is 0 Å². The van der Waals surface area contributed by atoms with E-state index in [0.717, 1.165) is 43.6 Å². The van der Waals surface area contributed by atoms with Crippen LogP contribution in [0.3, 0.4) is 0 Å². The van der Waals surface area contributed by atoms with Crippen LogP contribution in [0.4, 0.5) is 0 Å². The summed E-state index contributed by atoms with van der Waals surface area (Å²) in [4.78, 5) is 0. The van der Waals surface area contributed by atoms with Crippen molar-refractivity contribution in [1.82, 2.24) is 4.72 Å². The van der Waals surface area contributed by atoms with Crippen molar-refractivity contribution in [1.29, 1.82) is 0 Å². The van der Waals surface area contributed by atoms with E-state index in [2.05, 4.69) is 4.72 Å². The van der Waals surface area contributed by atoms with Gasteiger partial charge in [0.25, 0.3) is 0 Å². The van der Waals surface area contributed by atoms with Crippen LogP contribution in [0.25, 0.3) is 0 Å². The molecule has 0 spiro atoms. The van der Waals surface area contributed by atoms with Crippen LogP contribution in [0.5, 0.6) is 5.75 Å². The van der Waals surface area contributed by atoms with Gasteiger partial charge in [-0.25, -0.2) is 13.1 Å². The molecule has 0 unspecified atom stereocenters. The third kappa shape index (κ3) is 4.58. The first-order chi connectivity index (χ1) is 11.0. The third-order valence-corrected chi connectivity index (χ3v) is 5.61. The fourth-order valence-corrected chi connectivity index (χ4v) is 3.95. The zero-order valence-electron chi connectivity index (χ0n) is 13.6. The predicted molar refractivity (Wildman–Crippen MR) is 91.7 cm³/mol. The number of hydrogen-bond acceptors (Lipinski definition) is 3. The van der Waals surface area contributed by atoms with Gasteiger partial charge in [0.2, 0.25) is 10.0 Å². The summed E-state index contributed by atoms with van der Waals surface area (Å²) < 4.78 is 33.1. The molecule has 5 heteroatoms. The molecule has 2 fully saturated rings. The van der Waals surface area contributed by atoms with E-state index in [1.54, 1.807) is 6.08 Å². The first kappa shape index (κ1) is 16.5. The van der Waals surface area contributed by atoms with Gasteiger partial charge in [-0.15, -0.1) is 0 Å². The Morgan fingerprint density at radius 2 is 2.13 bits per heavy atom. The molecular formula is C18H25NO3S. The van der Waals surface area contributed by atoms with Gasteiger partial charge in [-0.2, -0.15) is 0 Å². The van der Waals surface area contributed by atoms with Crippen LogP contribution in [0.15, 0.2) is 35.7 Å². The Kier molecular flexibility index (Phi) is 4.78. The standard InChI is InChI=1S/C18H25NO3S/c1-2-3-4-12-23(20,21)19-18(10-11-18)16-6-5-7-17(13-16)22-14-15-8-9-15/h4-7,12-13,15,19H,2-3,8-11,14H2,1H3/b12-4+. The third-order valence-electron chi connectivity index (χ3n) is 4.39. The summed E-state index contributed by atoms with van der Waals surface area (Å²) >= 11 is 0. The van der Waals surface area contributed by atoms with E-state index >= 15 is 0 Å². The predicted octanol–water partition coefficient (Wildman–Crippen LogP) is 3.70. The summed E-state index contributed by atoms with van der Waals surface area (Å²) in [5, 5.41) is 1.30. The number of hydrogen-bond donors (Lipinski definition) is 1. The zero-order valence-corrected chi connectivity index (χ0v) is 14.4. The minimum Gasteiger partial charge on any atom is -0.493 e. The summed E-state index contributed by atoms with van der Waals surface area (Å²) in [5.41, 5.74) is 0.548. The second kappa shape index (κ2) is 6.65. The highest BCUT2D eigenvalue weighted by Crippen LogP contribution is 2.47. The second-order valence-electron chi connectivity index (χ2n) is 6.67. The van der Waals surface area contributed by atoms with E-state index in [0.29, 0.717) is 5.92 Å². The Hall–Kier alpha value is -1.33. The molecule has 0 aliphatic heterocycles. The van der Waals surface area contributed by atoms with Gasteiger partial charge in [-0.05, 0) is 55.7 Å². The number of benzene rings is 1. The summed E-state index contributed by atoms with van der Waals surface area (Å²) in [5.74, 6) is 1.54. The summed E-state index contributed by atoms with van der Waals surface area (Å²) in [6.45, 7) is 2.79. The molecule has 126 valence electrons. The molecule has 1 aromatic carbocycles. The average molecular weight is 335 g/mol. The Morgan fingerprint density at radius 1 is 1.35 bits per heavy atom. The van der Waals surface area contributed by atoms with Crippen LogP contribution in [-0.2, 0) is 15.6 Å². The molecule has 2 saturated carbocycles. The number of rotatable bonds is 9. The van der Waals surface area contributed by atoms with E-state index in [4.69, 9.17) is 4.74 Å². The summed E-state index contributed by atoms with van der Waals surface area (Å²) in [7, 11) is -3.40. The average Bonchev–Trinajstić information content (AvgIpc) is 3.41. The lowest BCUT2D eigenvalue weighted by molar-refractivity contribution is 0.299. The molecule has 2 aliphatic carbocycles. The second-order valence-corrected chi connectivity index (χ2v) is 8.24. The van der Waals surface area contributed by atoms with Gasteiger partial charge >= 0.3 is 0 Å². The summed E-state index contributed by atoms with van der Waals surface area (Å²) in [6.07, 6.45) is 7.62. The van der Waals surface area contributed by atoms with Gasteiger partial charge in [0, 0.05) is 5.41 Å². The topological polar surface area (TPSA) is 55.4 Å². The molecule has 0 saturated heterocycles. The molecule has 0 amide bonds. The highest BCUT2D eigenvalue weighted by Gasteiger charge is 2.47. The van der Waals surface area contributed by atoms with Crippen molar-refractivity contribution in [2.24, 2.45) is 5.92 Å². The number of nitrogens with one attached hydrogen (secondary N) is 1. The quantitative estimate of drug-likeness (QED) is 0.748. The van der Waals surface area contributed by atoms with Crippen molar-refractivity contribution in [3.63, 3.8) is 0 Å². The Labute approximate surface area is 139 Å². The molecule has 0 atom stereocenters. The number of ether oxygens (including phenoxy) is 1. The maximum Gasteiger partial charge on any atom is 0.234 e. The normalized spacial score (nSPS) is 19.9. The molecule has 4 nitrogen and oxygen atoms in total. The minimum absolute atomic E-state index is 0.450. The van der Waals surface area contributed by atoms with E-state index in [1.807, 2.05) is 31.2 Å². The first-order valence-electron chi connectivity index (χ1n) is 8.47. The highest BCUT2D eigenvalue weighted by molar-refractivity contribution is 7.92. The molecular weight excluding hydrogens is 310 g/mol. The van der Waals surface area contributed by atoms with Crippen molar-refractivity contribution < 1.29 is 13.2 Å². The monoisotopic (exact) mass is 335 g/mol. The van der Waals surface area contributed by atoms with Crippen LogP contribution in [0.1, 0.15) is 51.0 Å². The van der Waals surface area contributed by atoms with Crippen molar-refractivity contribution in [2.45, 2.75) is 51.0 Å². The van der Waals surface area contributed by atoms with Crippen molar-refractivity contribution in [3.05, 3.63) is 41.3 Å². The smallest absolute Gasteiger partial charge is 0.234 e. The molecule has 2 aliphatic rings. The van der Waals surface area contributed by atoms with Crippen LogP contribution in [0.2, 0.25) is 0 Å². The molecule has 0 heterocycles. The summed E-state index contributed by atoms with van der Waals surface area (Å²) in [6, 6.07) is 7.85. The fourth-order valence-electron chi connectivity index (χ4n) is 2.62. The molecule has 23 heavy (non-hydrogen) atoms. The lowest BCUT2D eigenvalue weighted by atomic mass is 10.1. The van der Waals surface area contributed by atoms with Gasteiger partial charge in [0.15, 0.2) is 0 Å². The lowest BCUT2D eigenvalue weighted by Gasteiger charge is -2.17. The van der Waals surface area contributed by atoms with Crippen LogP contribution < -0.4 is 9.46 Å². The minimum atomic E-state index is -3.40. The number of allylic oxidation sites excluding steroid dienone is 1. The van der Waals surface area contributed by atoms with E-state index in [1.165, 1.54) is 18.2 Å². The lowest BCUT2D eigenvalue weighted by Crippen LogP contribution is -2.33. The maximum atomic E-state index is 12.2. The van der Waals surface area contributed by atoms with Crippen molar-refractivity contribution in [2.75, 3.05) is 6.61 Å². The van der Waals surface area contributed by atoms with Gasteiger partial charge < -0.3 is 4.74 Å². The van der Waals surface area contributed by atoms with Gasteiger partial charge in [0.05, 0.1) is 12.1 Å². The van der Waals surface area contributed by atoms with E-state index in [9.17, 15) is 8.42 Å². The molecule has 0 radical (unpaired) electrons. The van der Waals surface area contributed by atoms with Gasteiger partial charge in [-0.1, -0.05) is 31.6 Å². The largest absolute Gasteiger partial charge is 0.493 e. The van der Waals surface area contributed by atoms with E-state index in [-0.39, 0.29) is 0 Å². The number of unbranched alkanes of at least 4 members (excludes halogenated alkanes) is 1. The van der Waals surface area contributed by atoms with Crippen molar-refractivity contribution in [3.8, 4) is 5.75 Å². The highest BCUT2D eigenvalue weighted by atomic mass is 32.2. The SMILES string of the molecule is CCC/C=C/S(=O)(=O)NC1(c2cccc(OCC3CC3)c2)CC1. The fraction of sp³-hybridized carbons (Fsp3) is 0.556. The van der Waals surface area contributed by atoms with Crippen molar-refractivity contribution >= 4 is 10.0 Å². The molecule has 0 bridgehead atoms. The Morgan fingerprint density at radius 3 is 2.78 bits per heavy atom. The maximum absolute atomic E-state index is 12.2. The molecule has 1 aromatic rings. The Balaban J connectivity index is 1.68. The Bertz CT molecular complexity index is 673. The zero-order chi connectivity index (χ0) is 16.3.